The molecule has 1 nitrogen and oxygen atoms in total. The van der Waals surface area contributed by atoms with Gasteiger partial charge in [-0.15, -0.1) is 18.3 Å². The Morgan fingerprint density at radius 1 is 1.57 bits per heavy atom. The quantitative estimate of drug-likeness (QED) is 0.478. The van der Waals surface area contributed by atoms with Crippen molar-refractivity contribution >= 4 is 29.1 Å². The van der Waals surface area contributed by atoms with Gasteiger partial charge in [0, 0.05) is 21.4 Å². The molecule has 0 aromatic heterocycles. The van der Waals surface area contributed by atoms with Gasteiger partial charge in [0.15, 0.2) is 0 Å². The molecule has 0 saturated heterocycles. The summed E-state index contributed by atoms with van der Waals surface area (Å²) in [6.07, 6.45) is 1.01. The summed E-state index contributed by atoms with van der Waals surface area (Å²) < 4.78 is 0. The van der Waals surface area contributed by atoms with Gasteiger partial charge in [-0.1, -0.05) is 17.2 Å². The van der Waals surface area contributed by atoms with Crippen LogP contribution in [0.25, 0.3) is 0 Å². The minimum Gasteiger partial charge on any atom is -0.398 e. The Hall–Kier alpha value is -0.600. The Morgan fingerprint density at radius 2 is 2.29 bits per heavy atom. The maximum absolute atomic E-state index is 5.87. The molecule has 2 N–H and O–H groups in total. The molecule has 0 aliphatic rings. The van der Waals surface area contributed by atoms with Crippen LogP contribution in [-0.2, 0) is 0 Å². The summed E-state index contributed by atoms with van der Waals surface area (Å²) in [7, 11) is 0. The first-order valence-electron chi connectivity index (χ1n) is 4.42. The van der Waals surface area contributed by atoms with E-state index in [-0.39, 0.29) is 0 Å². The third-order valence-electron chi connectivity index (χ3n) is 1.76. The maximum atomic E-state index is 5.87. The van der Waals surface area contributed by atoms with Gasteiger partial charge in [-0.2, -0.15) is 0 Å². The Balaban J connectivity index is 2.57. The van der Waals surface area contributed by atoms with Gasteiger partial charge in [-0.05, 0) is 31.5 Å². The standard InChI is InChI=1S/C11H14ClNS/c1-8(2)5-6-14-11-7-9(12)3-4-10(11)13/h3-4,7H,1,5-6,13H2,2H3. The molecule has 0 heterocycles. The molecule has 0 saturated carbocycles. The molecule has 0 radical (unpaired) electrons. The lowest BCUT2D eigenvalue weighted by molar-refractivity contribution is 1.12. The third-order valence-corrected chi connectivity index (χ3v) is 3.07. The van der Waals surface area contributed by atoms with Gasteiger partial charge < -0.3 is 5.73 Å². The van der Waals surface area contributed by atoms with E-state index in [0.29, 0.717) is 0 Å². The zero-order valence-electron chi connectivity index (χ0n) is 8.22. The van der Waals surface area contributed by atoms with Crippen molar-refractivity contribution in [2.45, 2.75) is 18.2 Å². The lowest BCUT2D eigenvalue weighted by atomic mass is 10.3. The fourth-order valence-corrected chi connectivity index (χ4v) is 2.32. The topological polar surface area (TPSA) is 26.0 Å². The van der Waals surface area contributed by atoms with Gasteiger partial charge in [-0.3, -0.25) is 0 Å². The van der Waals surface area contributed by atoms with E-state index in [1.165, 1.54) is 5.57 Å². The van der Waals surface area contributed by atoms with E-state index >= 15 is 0 Å². The van der Waals surface area contributed by atoms with Crippen LogP contribution < -0.4 is 5.73 Å². The molecule has 3 heteroatoms. The SMILES string of the molecule is C=C(C)CCSc1cc(Cl)ccc1N. The van der Waals surface area contributed by atoms with Gasteiger partial charge in [0.25, 0.3) is 0 Å². The summed E-state index contributed by atoms with van der Waals surface area (Å²) in [6, 6.07) is 5.55. The number of thioether (sulfide) groups is 1. The second-order valence-corrected chi connectivity index (χ2v) is 4.81. The largest absolute Gasteiger partial charge is 0.398 e. The van der Waals surface area contributed by atoms with Crippen LogP contribution in [0.1, 0.15) is 13.3 Å². The van der Waals surface area contributed by atoms with Gasteiger partial charge in [0.2, 0.25) is 0 Å². The van der Waals surface area contributed by atoms with Crippen LogP contribution in [0.4, 0.5) is 5.69 Å². The second kappa shape index (κ2) is 5.32. The lowest BCUT2D eigenvalue weighted by Gasteiger charge is -2.05. The molecule has 0 bridgehead atoms. The van der Waals surface area contributed by atoms with Crippen LogP contribution >= 0.6 is 23.4 Å². The first-order chi connectivity index (χ1) is 6.59. The van der Waals surface area contributed by atoms with Crippen LogP contribution in [0, 0.1) is 0 Å². The number of nitrogen functional groups attached to an aromatic ring is 1. The molecule has 1 aromatic rings. The number of hydrogen-bond donors (Lipinski definition) is 1. The van der Waals surface area contributed by atoms with Crippen LogP contribution in [0.2, 0.25) is 5.02 Å². The minimum atomic E-state index is 0.733. The highest BCUT2D eigenvalue weighted by molar-refractivity contribution is 7.99. The molecule has 0 unspecified atom stereocenters. The number of allylic oxidation sites excluding steroid dienone is 1. The molecule has 1 aromatic carbocycles. The number of benzene rings is 1. The lowest BCUT2D eigenvalue weighted by Crippen LogP contribution is -1.89. The molecule has 0 fully saturated rings. The van der Waals surface area contributed by atoms with Crippen molar-refractivity contribution < 1.29 is 0 Å². The van der Waals surface area contributed by atoms with E-state index < -0.39 is 0 Å². The summed E-state index contributed by atoms with van der Waals surface area (Å²) in [5.41, 5.74) is 7.79. The van der Waals surface area contributed by atoms with Gasteiger partial charge in [0.1, 0.15) is 0 Å². The average molecular weight is 228 g/mol. The van der Waals surface area contributed by atoms with Crippen LogP contribution in [-0.4, -0.2) is 5.75 Å². The molecule has 14 heavy (non-hydrogen) atoms. The monoisotopic (exact) mass is 227 g/mol. The molecule has 0 aliphatic heterocycles. The summed E-state index contributed by atoms with van der Waals surface area (Å²) in [5.74, 6) is 1.000. The zero-order valence-corrected chi connectivity index (χ0v) is 9.79. The van der Waals surface area contributed by atoms with Crippen molar-refractivity contribution in [2.75, 3.05) is 11.5 Å². The van der Waals surface area contributed by atoms with Crippen LogP contribution in [0.15, 0.2) is 35.2 Å². The zero-order chi connectivity index (χ0) is 10.6. The van der Waals surface area contributed by atoms with E-state index in [0.717, 1.165) is 27.8 Å². The number of anilines is 1. The molecule has 0 amide bonds. The summed E-state index contributed by atoms with van der Waals surface area (Å²) in [5, 5.41) is 0.733. The van der Waals surface area contributed by atoms with Crippen molar-refractivity contribution in [2.24, 2.45) is 0 Å². The maximum Gasteiger partial charge on any atom is 0.0453 e. The van der Waals surface area contributed by atoms with Crippen molar-refractivity contribution in [3.63, 3.8) is 0 Å². The first-order valence-corrected chi connectivity index (χ1v) is 5.78. The summed E-state index contributed by atoms with van der Waals surface area (Å²) >= 11 is 7.59. The predicted molar refractivity (Wildman–Crippen MR) is 66.0 cm³/mol. The van der Waals surface area contributed by atoms with E-state index in [9.17, 15) is 0 Å². The minimum absolute atomic E-state index is 0.733. The predicted octanol–water partition coefficient (Wildman–Crippen LogP) is 3.98. The molecule has 0 atom stereocenters. The van der Waals surface area contributed by atoms with Gasteiger partial charge >= 0.3 is 0 Å². The highest BCUT2D eigenvalue weighted by atomic mass is 35.5. The number of rotatable bonds is 4. The highest BCUT2D eigenvalue weighted by Gasteiger charge is 2.00. The first kappa shape index (κ1) is 11.5. The highest BCUT2D eigenvalue weighted by Crippen LogP contribution is 2.28. The Labute approximate surface area is 94.3 Å². The summed E-state index contributed by atoms with van der Waals surface area (Å²) in [4.78, 5) is 1.05. The molecule has 0 spiro atoms. The molecule has 76 valence electrons. The van der Waals surface area contributed by atoms with Crippen molar-refractivity contribution in [1.82, 2.24) is 0 Å². The van der Waals surface area contributed by atoms with Crippen molar-refractivity contribution in [3.05, 3.63) is 35.4 Å². The third kappa shape index (κ3) is 3.64. The second-order valence-electron chi connectivity index (χ2n) is 3.24. The van der Waals surface area contributed by atoms with Crippen molar-refractivity contribution in [1.29, 1.82) is 0 Å². The summed E-state index contributed by atoms with van der Waals surface area (Å²) in [6.45, 7) is 5.89. The number of hydrogen-bond acceptors (Lipinski definition) is 2. The van der Waals surface area contributed by atoms with Crippen LogP contribution in [0.3, 0.4) is 0 Å². The molecular weight excluding hydrogens is 214 g/mol. The Morgan fingerprint density at radius 3 is 2.93 bits per heavy atom. The Bertz CT molecular complexity index is 336. The molecular formula is C11H14ClNS. The fraction of sp³-hybridized carbons (Fsp3) is 0.273. The molecule has 1 rings (SSSR count). The fourth-order valence-electron chi connectivity index (χ4n) is 0.968. The smallest absolute Gasteiger partial charge is 0.0453 e. The van der Waals surface area contributed by atoms with E-state index in [1.807, 2.05) is 19.1 Å². The average Bonchev–Trinajstić information content (AvgIpc) is 2.10. The van der Waals surface area contributed by atoms with Crippen LogP contribution in [0.5, 0.6) is 0 Å². The Kier molecular flexibility index (Phi) is 4.36. The normalized spacial score (nSPS) is 10.1. The number of halogens is 1. The molecule has 0 aliphatic carbocycles. The van der Waals surface area contributed by atoms with E-state index in [2.05, 4.69) is 6.58 Å². The van der Waals surface area contributed by atoms with Gasteiger partial charge in [0.05, 0.1) is 0 Å². The van der Waals surface area contributed by atoms with E-state index in [4.69, 9.17) is 17.3 Å². The van der Waals surface area contributed by atoms with E-state index in [1.54, 1.807) is 17.8 Å². The van der Waals surface area contributed by atoms with Gasteiger partial charge in [-0.25, -0.2) is 0 Å². The number of nitrogens with two attached hydrogens (primary N) is 1. The van der Waals surface area contributed by atoms with Crippen molar-refractivity contribution in [3.8, 4) is 0 Å².